The number of hydrogen-bond acceptors (Lipinski definition) is 4. The van der Waals surface area contributed by atoms with Crippen molar-refractivity contribution in [3.05, 3.63) is 99.9 Å². The third-order valence-corrected chi connectivity index (χ3v) is 5.20. The lowest BCUT2D eigenvalue weighted by atomic mass is 10.1. The summed E-state index contributed by atoms with van der Waals surface area (Å²) in [6, 6.07) is 17.9. The topological polar surface area (TPSA) is 76.9 Å². The van der Waals surface area contributed by atoms with Gasteiger partial charge in [-0.3, -0.25) is 14.2 Å². The molecule has 6 nitrogen and oxygen atoms in total. The maximum Gasteiger partial charge on any atom is 0.261 e. The van der Waals surface area contributed by atoms with Crippen LogP contribution in [0.4, 0.5) is 5.69 Å². The van der Waals surface area contributed by atoms with Crippen LogP contribution in [0.15, 0.2) is 71.7 Å². The second kappa shape index (κ2) is 7.88. The fraction of sp³-hybridized carbons (Fsp3) is 0.120. The van der Waals surface area contributed by atoms with Crippen molar-refractivity contribution < 1.29 is 4.79 Å². The van der Waals surface area contributed by atoms with Crippen LogP contribution < -0.4 is 10.9 Å². The highest BCUT2D eigenvalue weighted by Crippen LogP contribution is 2.18. The zero-order valence-corrected chi connectivity index (χ0v) is 16.6. The molecule has 1 aliphatic rings. The van der Waals surface area contributed by atoms with Gasteiger partial charge in [-0.25, -0.2) is 9.97 Å². The SMILES string of the molecule is O=C(Nc1cccc(C#Cc2ccccn2)c1)c1ccc2c(=O)n3c(nc2c1)CCC3. The van der Waals surface area contributed by atoms with Crippen LogP contribution in [0, 0.1) is 11.8 Å². The standard InChI is InChI=1S/C25H18N4O2/c30-24(18-10-12-21-22(16-18)28-23-8-4-14-29(23)25(21)31)27-20-7-3-5-17(15-20)9-11-19-6-1-2-13-26-19/h1-3,5-7,10,12-13,15-16H,4,8,14H2,(H,27,30). The summed E-state index contributed by atoms with van der Waals surface area (Å²) in [5, 5.41) is 3.43. The van der Waals surface area contributed by atoms with E-state index in [0.717, 1.165) is 24.2 Å². The molecule has 150 valence electrons. The number of amides is 1. The summed E-state index contributed by atoms with van der Waals surface area (Å²) < 4.78 is 1.72. The second-order valence-corrected chi connectivity index (χ2v) is 7.32. The molecule has 0 aliphatic carbocycles. The van der Waals surface area contributed by atoms with Gasteiger partial charge in [0.1, 0.15) is 11.5 Å². The number of rotatable bonds is 2. The lowest BCUT2D eigenvalue weighted by molar-refractivity contribution is 0.102. The monoisotopic (exact) mass is 406 g/mol. The molecular weight excluding hydrogens is 388 g/mol. The van der Waals surface area contributed by atoms with Gasteiger partial charge in [0.15, 0.2) is 0 Å². The molecule has 0 bridgehead atoms. The molecule has 5 rings (SSSR count). The fourth-order valence-electron chi connectivity index (χ4n) is 3.68. The van der Waals surface area contributed by atoms with Crippen LogP contribution in [0.1, 0.15) is 33.9 Å². The molecular formula is C25H18N4O2. The van der Waals surface area contributed by atoms with Crippen molar-refractivity contribution in [2.24, 2.45) is 0 Å². The van der Waals surface area contributed by atoms with Gasteiger partial charge in [-0.05, 0) is 60.9 Å². The molecule has 0 spiro atoms. The summed E-state index contributed by atoms with van der Waals surface area (Å²) >= 11 is 0. The minimum atomic E-state index is -0.265. The van der Waals surface area contributed by atoms with E-state index in [1.54, 1.807) is 29.0 Å². The predicted molar refractivity (Wildman–Crippen MR) is 119 cm³/mol. The minimum Gasteiger partial charge on any atom is -0.322 e. The van der Waals surface area contributed by atoms with Crippen molar-refractivity contribution >= 4 is 22.5 Å². The van der Waals surface area contributed by atoms with Crippen LogP contribution in [0.25, 0.3) is 10.9 Å². The van der Waals surface area contributed by atoms with E-state index >= 15 is 0 Å². The zero-order valence-electron chi connectivity index (χ0n) is 16.6. The summed E-state index contributed by atoms with van der Waals surface area (Å²) in [5.41, 5.74) is 3.06. The number of pyridine rings is 1. The molecule has 0 unspecified atom stereocenters. The van der Waals surface area contributed by atoms with Gasteiger partial charge in [-0.15, -0.1) is 0 Å². The number of anilines is 1. The molecule has 0 atom stereocenters. The molecule has 6 heteroatoms. The summed E-state index contributed by atoms with van der Waals surface area (Å²) in [7, 11) is 0. The molecule has 0 radical (unpaired) electrons. The third-order valence-electron chi connectivity index (χ3n) is 5.20. The lowest BCUT2D eigenvalue weighted by Crippen LogP contribution is -2.21. The highest BCUT2D eigenvalue weighted by atomic mass is 16.1. The molecule has 2 aromatic carbocycles. The van der Waals surface area contributed by atoms with E-state index in [9.17, 15) is 9.59 Å². The van der Waals surface area contributed by atoms with Crippen molar-refractivity contribution in [1.82, 2.24) is 14.5 Å². The summed E-state index contributed by atoms with van der Waals surface area (Å²) in [6.45, 7) is 0.707. The number of nitrogens with zero attached hydrogens (tertiary/aromatic N) is 3. The summed E-state index contributed by atoms with van der Waals surface area (Å²) in [6.07, 6.45) is 3.40. The van der Waals surface area contributed by atoms with Crippen LogP contribution in [0.3, 0.4) is 0 Å². The zero-order chi connectivity index (χ0) is 21.2. The van der Waals surface area contributed by atoms with Gasteiger partial charge in [0.2, 0.25) is 0 Å². The van der Waals surface area contributed by atoms with Gasteiger partial charge >= 0.3 is 0 Å². The number of carbonyl (C=O) groups excluding carboxylic acids is 1. The Morgan fingerprint density at radius 3 is 2.84 bits per heavy atom. The maximum atomic E-state index is 12.8. The first-order valence-corrected chi connectivity index (χ1v) is 10.1. The van der Waals surface area contributed by atoms with E-state index in [1.165, 1.54) is 0 Å². The Kier molecular flexibility index (Phi) is 4.77. The Labute approximate surface area is 178 Å². The fourth-order valence-corrected chi connectivity index (χ4v) is 3.68. The molecule has 1 aliphatic heterocycles. The van der Waals surface area contributed by atoms with Crippen LogP contribution in [-0.4, -0.2) is 20.4 Å². The number of hydrogen-bond donors (Lipinski definition) is 1. The van der Waals surface area contributed by atoms with Crippen LogP contribution in [-0.2, 0) is 13.0 Å². The number of aryl methyl sites for hydroxylation is 1. The van der Waals surface area contributed by atoms with Crippen LogP contribution >= 0.6 is 0 Å². The number of benzene rings is 2. The van der Waals surface area contributed by atoms with E-state index in [-0.39, 0.29) is 11.5 Å². The highest BCUT2D eigenvalue weighted by Gasteiger charge is 2.17. The summed E-state index contributed by atoms with van der Waals surface area (Å²) in [5.74, 6) is 6.58. The average molecular weight is 406 g/mol. The molecule has 0 fully saturated rings. The van der Waals surface area contributed by atoms with Crippen molar-refractivity contribution in [1.29, 1.82) is 0 Å². The normalized spacial score (nSPS) is 12.1. The van der Waals surface area contributed by atoms with Gasteiger partial charge in [-0.2, -0.15) is 0 Å². The minimum absolute atomic E-state index is 0.0383. The van der Waals surface area contributed by atoms with E-state index in [4.69, 9.17) is 0 Å². The van der Waals surface area contributed by atoms with Gasteiger partial charge in [0, 0.05) is 36.0 Å². The largest absolute Gasteiger partial charge is 0.322 e. The van der Waals surface area contributed by atoms with Crippen LogP contribution in [0.5, 0.6) is 0 Å². The van der Waals surface area contributed by atoms with Gasteiger partial charge in [0.25, 0.3) is 11.5 Å². The smallest absolute Gasteiger partial charge is 0.261 e. The van der Waals surface area contributed by atoms with Gasteiger partial charge < -0.3 is 5.32 Å². The van der Waals surface area contributed by atoms with Gasteiger partial charge in [0.05, 0.1) is 10.9 Å². The maximum absolute atomic E-state index is 12.8. The molecule has 3 heterocycles. The predicted octanol–water partition coefficient (Wildman–Crippen LogP) is 3.39. The third kappa shape index (κ3) is 3.81. The molecule has 31 heavy (non-hydrogen) atoms. The molecule has 1 N–H and O–H groups in total. The Morgan fingerprint density at radius 1 is 1.03 bits per heavy atom. The molecule has 0 saturated carbocycles. The first-order chi connectivity index (χ1) is 15.2. The van der Waals surface area contributed by atoms with Crippen molar-refractivity contribution in [3.8, 4) is 11.8 Å². The number of fused-ring (bicyclic) bond motifs is 2. The lowest BCUT2D eigenvalue weighted by Gasteiger charge is -2.08. The Hall–Kier alpha value is -4.24. The number of carbonyl (C=O) groups is 1. The first kappa shape index (κ1) is 18.8. The number of aromatic nitrogens is 3. The first-order valence-electron chi connectivity index (χ1n) is 10.1. The van der Waals surface area contributed by atoms with E-state index in [0.29, 0.717) is 34.4 Å². The van der Waals surface area contributed by atoms with Gasteiger partial charge in [-0.1, -0.05) is 18.1 Å². The molecule has 2 aromatic heterocycles. The van der Waals surface area contributed by atoms with E-state index < -0.39 is 0 Å². The number of nitrogens with one attached hydrogen (secondary N) is 1. The summed E-state index contributed by atoms with van der Waals surface area (Å²) in [4.78, 5) is 34.2. The highest BCUT2D eigenvalue weighted by molar-refractivity contribution is 6.06. The quantitative estimate of drug-likeness (QED) is 0.518. The van der Waals surface area contributed by atoms with Crippen molar-refractivity contribution in [2.75, 3.05) is 5.32 Å². The van der Waals surface area contributed by atoms with E-state index in [1.807, 2.05) is 42.5 Å². The van der Waals surface area contributed by atoms with E-state index in [2.05, 4.69) is 27.1 Å². The Bertz CT molecular complexity index is 1430. The van der Waals surface area contributed by atoms with Crippen molar-refractivity contribution in [2.45, 2.75) is 19.4 Å². The second-order valence-electron chi connectivity index (χ2n) is 7.32. The van der Waals surface area contributed by atoms with Crippen LogP contribution in [0.2, 0.25) is 0 Å². The molecule has 4 aromatic rings. The Morgan fingerprint density at radius 2 is 1.97 bits per heavy atom. The van der Waals surface area contributed by atoms with Crippen molar-refractivity contribution in [3.63, 3.8) is 0 Å². The average Bonchev–Trinajstić information content (AvgIpc) is 3.27. The molecule has 0 saturated heterocycles. The molecule has 1 amide bonds. The Balaban J connectivity index is 1.39.